The molecule has 0 atom stereocenters. The van der Waals surface area contributed by atoms with E-state index >= 15 is 0 Å². The van der Waals surface area contributed by atoms with Gasteiger partial charge >= 0.3 is 0 Å². The summed E-state index contributed by atoms with van der Waals surface area (Å²) >= 11 is 0. The molecule has 6 heteroatoms. The largest absolute Gasteiger partial charge is 0.378 e. The van der Waals surface area contributed by atoms with Gasteiger partial charge in [-0.2, -0.15) is 0 Å². The maximum atomic E-state index is 5.46. The van der Waals surface area contributed by atoms with Crippen molar-refractivity contribution in [2.45, 2.75) is 6.54 Å². The SMILES string of the molecule is CNCc1nc(-c2cccc3[nH]ccc23)cc(N2CCOCC2)n1. The van der Waals surface area contributed by atoms with Crippen LogP contribution in [0.2, 0.25) is 0 Å². The van der Waals surface area contributed by atoms with E-state index in [4.69, 9.17) is 14.7 Å². The molecule has 1 aliphatic rings. The molecule has 24 heavy (non-hydrogen) atoms. The molecule has 0 spiro atoms. The number of ether oxygens (including phenoxy) is 1. The second-order valence-corrected chi connectivity index (χ2v) is 5.90. The molecule has 2 N–H and O–H groups in total. The Kier molecular flexibility index (Phi) is 4.15. The zero-order chi connectivity index (χ0) is 16.4. The lowest BCUT2D eigenvalue weighted by atomic mass is 10.1. The van der Waals surface area contributed by atoms with Crippen molar-refractivity contribution in [3.63, 3.8) is 0 Å². The van der Waals surface area contributed by atoms with Gasteiger partial charge in [0.1, 0.15) is 11.6 Å². The Morgan fingerprint density at radius 1 is 1.21 bits per heavy atom. The van der Waals surface area contributed by atoms with E-state index in [-0.39, 0.29) is 0 Å². The minimum atomic E-state index is 0.647. The summed E-state index contributed by atoms with van der Waals surface area (Å²) in [5.41, 5.74) is 3.21. The minimum Gasteiger partial charge on any atom is -0.378 e. The van der Waals surface area contributed by atoms with Gasteiger partial charge < -0.3 is 19.9 Å². The molecule has 124 valence electrons. The summed E-state index contributed by atoms with van der Waals surface area (Å²) in [4.78, 5) is 15.0. The molecule has 0 aliphatic carbocycles. The number of fused-ring (bicyclic) bond motifs is 1. The third-order valence-corrected chi connectivity index (χ3v) is 4.30. The van der Waals surface area contributed by atoms with Crippen molar-refractivity contribution in [3.8, 4) is 11.3 Å². The number of hydrogen-bond acceptors (Lipinski definition) is 5. The number of anilines is 1. The molecule has 0 bridgehead atoms. The van der Waals surface area contributed by atoms with Crippen LogP contribution in [0.25, 0.3) is 22.2 Å². The molecule has 3 heterocycles. The van der Waals surface area contributed by atoms with Crippen molar-refractivity contribution >= 4 is 16.7 Å². The number of nitrogens with one attached hydrogen (secondary N) is 2. The third-order valence-electron chi connectivity index (χ3n) is 4.30. The Bertz CT molecular complexity index is 838. The number of benzene rings is 1. The molecule has 0 amide bonds. The van der Waals surface area contributed by atoms with E-state index < -0.39 is 0 Å². The predicted octanol–water partition coefficient (Wildman–Crippen LogP) is 2.18. The van der Waals surface area contributed by atoms with E-state index in [0.29, 0.717) is 6.54 Å². The van der Waals surface area contributed by atoms with Crippen LogP contribution in [-0.4, -0.2) is 48.3 Å². The van der Waals surface area contributed by atoms with E-state index in [0.717, 1.165) is 54.7 Å². The Hall–Kier alpha value is -2.44. The van der Waals surface area contributed by atoms with Crippen molar-refractivity contribution in [2.24, 2.45) is 0 Å². The maximum Gasteiger partial charge on any atom is 0.145 e. The number of nitrogens with zero attached hydrogens (tertiary/aromatic N) is 3. The fraction of sp³-hybridized carbons (Fsp3) is 0.333. The van der Waals surface area contributed by atoms with Crippen LogP contribution in [0.15, 0.2) is 36.5 Å². The summed E-state index contributed by atoms with van der Waals surface area (Å²) < 4.78 is 5.46. The summed E-state index contributed by atoms with van der Waals surface area (Å²) in [6, 6.07) is 10.4. The van der Waals surface area contributed by atoms with E-state index in [9.17, 15) is 0 Å². The van der Waals surface area contributed by atoms with Crippen molar-refractivity contribution in [3.05, 3.63) is 42.4 Å². The summed E-state index contributed by atoms with van der Waals surface area (Å²) in [6.07, 6.45) is 1.97. The van der Waals surface area contributed by atoms with E-state index in [1.54, 1.807) is 0 Å². The van der Waals surface area contributed by atoms with Crippen molar-refractivity contribution in [1.29, 1.82) is 0 Å². The van der Waals surface area contributed by atoms with E-state index in [1.807, 2.05) is 13.2 Å². The number of aromatic amines is 1. The number of aromatic nitrogens is 3. The van der Waals surface area contributed by atoms with Crippen molar-refractivity contribution in [2.75, 3.05) is 38.3 Å². The van der Waals surface area contributed by atoms with Gasteiger partial charge in [-0.15, -0.1) is 0 Å². The second kappa shape index (κ2) is 6.59. The van der Waals surface area contributed by atoms with Crippen LogP contribution >= 0.6 is 0 Å². The van der Waals surface area contributed by atoms with Gasteiger partial charge in [-0.25, -0.2) is 9.97 Å². The minimum absolute atomic E-state index is 0.647. The number of morpholine rings is 1. The lowest BCUT2D eigenvalue weighted by molar-refractivity contribution is 0.122. The highest BCUT2D eigenvalue weighted by atomic mass is 16.5. The quantitative estimate of drug-likeness (QED) is 0.770. The lowest BCUT2D eigenvalue weighted by Gasteiger charge is -2.28. The number of hydrogen-bond donors (Lipinski definition) is 2. The molecular weight excluding hydrogens is 302 g/mol. The van der Waals surface area contributed by atoms with E-state index in [2.05, 4.69) is 45.5 Å². The van der Waals surface area contributed by atoms with Crippen LogP contribution in [0.4, 0.5) is 5.82 Å². The van der Waals surface area contributed by atoms with E-state index in [1.165, 1.54) is 5.39 Å². The first kappa shape index (κ1) is 15.1. The standard InChI is InChI=1S/C18H21N5O/c1-19-12-17-21-16(11-18(22-17)23-7-9-24-10-8-23)13-3-2-4-15-14(13)5-6-20-15/h2-6,11,19-20H,7-10,12H2,1H3. The highest BCUT2D eigenvalue weighted by Crippen LogP contribution is 2.29. The molecule has 1 saturated heterocycles. The molecule has 1 aromatic carbocycles. The maximum absolute atomic E-state index is 5.46. The Morgan fingerprint density at radius 2 is 2.08 bits per heavy atom. The van der Waals surface area contributed by atoms with Crippen LogP contribution in [0.5, 0.6) is 0 Å². The lowest BCUT2D eigenvalue weighted by Crippen LogP contribution is -2.37. The molecule has 2 aromatic heterocycles. The second-order valence-electron chi connectivity index (χ2n) is 5.90. The normalized spacial score (nSPS) is 15.1. The smallest absolute Gasteiger partial charge is 0.145 e. The Balaban J connectivity index is 1.81. The molecule has 3 aromatic rings. The van der Waals surface area contributed by atoms with Crippen molar-refractivity contribution < 1.29 is 4.74 Å². The molecule has 1 aliphatic heterocycles. The molecule has 1 fully saturated rings. The molecular formula is C18H21N5O. The summed E-state index contributed by atoms with van der Waals surface area (Å²) in [7, 11) is 1.91. The monoisotopic (exact) mass is 323 g/mol. The zero-order valence-electron chi connectivity index (χ0n) is 13.7. The zero-order valence-corrected chi connectivity index (χ0v) is 13.7. The van der Waals surface area contributed by atoms with Crippen LogP contribution in [0.3, 0.4) is 0 Å². The first-order valence-electron chi connectivity index (χ1n) is 8.27. The molecule has 6 nitrogen and oxygen atoms in total. The summed E-state index contributed by atoms with van der Waals surface area (Å²) in [5, 5.41) is 4.33. The van der Waals surface area contributed by atoms with Gasteiger partial charge in [0, 0.05) is 41.8 Å². The van der Waals surface area contributed by atoms with Gasteiger partial charge in [-0.3, -0.25) is 0 Å². The topological polar surface area (TPSA) is 66.1 Å². The predicted molar refractivity (Wildman–Crippen MR) is 95.1 cm³/mol. The Morgan fingerprint density at radius 3 is 2.92 bits per heavy atom. The van der Waals surface area contributed by atoms with Gasteiger partial charge in [0.15, 0.2) is 0 Å². The molecule has 0 unspecified atom stereocenters. The molecule has 0 saturated carbocycles. The molecule has 4 rings (SSSR count). The van der Waals surface area contributed by atoms with Gasteiger partial charge in [0.05, 0.1) is 25.5 Å². The van der Waals surface area contributed by atoms with Crippen molar-refractivity contribution in [1.82, 2.24) is 20.3 Å². The average molecular weight is 323 g/mol. The number of H-pyrrole nitrogens is 1. The van der Waals surface area contributed by atoms with Crippen LogP contribution in [0, 0.1) is 0 Å². The first-order valence-corrected chi connectivity index (χ1v) is 8.27. The molecule has 0 radical (unpaired) electrons. The van der Waals surface area contributed by atoms with Gasteiger partial charge in [-0.1, -0.05) is 12.1 Å². The van der Waals surface area contributed by atoms with Crippen LogP contribution in [0.1, 0.15) is 5.82 Å². The summed E-state index contributed by atoms with van der Waals surface area (Å²) in [5.74, 6) is 1.78. The van der Waals surface area contributed by atoms with Gasteiger partial charge in [-0.05, 0) is 19.2 Å². The van der Waals surface area contributed by atoms with Crippen LogP contribution < -0.4 is 10.2 Å². The average Bonchev–Trinajstić information content (AvgIpc) is 3.11. The highest BCUT2D eigenvalue weighted by Gasteiger charge is 2.16. The van der Waals surface area contributed by atoms with Gasteiger partial charge in [0.25, 0.3) is 0 Å². The fourth-order valence-corrected chi connectivity index (χ4v) is 3.12. The third kappa shape index (κ3) is 2.86. The number of rotatable bonds is 4. The first-order chi connectivity index (χ1) is 11.8. The Labute approximate surface area is 140 Å². The van der Waals surface area contributed by atoms with Crippen LogP contribution in [-0.2, 0) is 11.3 Å². The summed E-state index contributed by atoms with van der Waals surface area (Å²) in [6.45, 7) is 3.87. The fourth-order valence-electron chi connectivity index (χ4n) is 3.12. The highest BCUT2D eigenvalue weighted by molar-refractivity contribution is 5.94. The van der Waals surface area contributed by atoms with Gasteiger partial charge in [0.2, 0.25) is 0 Å².